The highest BCUT2D eigenvalue weighted by Crippen LogP contribution is 2.31. The van der Waals surface area contributed by atoms with Crippen molar-refractivity contribution in [3.63, 3.8) is 0 Å². The number of aryl methyl sites for hydroxylation is 1. The van der Waals surface area contributed by atoms with E-state index in [1.165, 1.54) is 11.6 Å². The van der Waals surface area contributed by atoms with E-state index >= 15 is 0 Å². The van der Waals surface area contributed by atoms with Crippen molar-refractivity contribution in [1.29, 1.82) is 0 Å². The summed E-state index contributed by atoms with van der Waals surface area (Å²) in [6.07, 6.45) is 0. The second-order valence-electron chi connectivity index (χ2n) is 7.91. The van der Waals surface area contributed by atoms with Gasteiger partial charge in [0, 0.05) is 11.3 Å². The maximum atomic E-state index is 12.4. The number of carbonyl (C=O) groups is 2. The Morgan fingerprint density at radius 1 is 0.971 bits per heavy atom. The fourth-order valence-corrected chi connectivity index (χ4v) is 4.72. The normalized spacial score (nSPS) is 11.0. The standard InChI is InChI=1S/C27H20N2O4S/c1-16-6-11-22-24(12-16)34-26(29-22)17-7-9-20(10-8-17)28-25(31)15-33-27(32)21-13-18-4-2-3-5-19(18)14-23(21)30/h2-14,30H,15H2,1H3,(H,28,31). The zero-order valence-electron chi connectivity index (χ0n) is 18.2. The summed E-state index contributed by atoms with van der Waals surface area (Å²) in [5, 5.41) is 15.4. The number of carbonyl (C=O) groups excluding carboxylic acids is 2. The summed E-state index contributed by atoms with van der Waals surface area (Å²) in [5.41, 5.74) is 3.70. The molecule has 0 aliphatic carbocycles. The lowest BCUT2D eigenvalue weighted by molar-refractivity contribution is -0.119. The van der Waals surface area contributed by atoms with Crippen molar-refractivity contribution >= 4 is 49.9 Å². The largest absolute Gasteiger partial charge is 0.507 e. The molecule has 1 amide bonds. The Balaban J connectivity index is 1.21. The summed E-state index contributed by atoms with van der Waals surface area (Å²) in [7, 11) is 0. The number of esters is 1. The fourth-order valence-electron chi connectivity index (χ4n) is 3.65. The third kappa shape index (κ3) is 4.46. The Hall–Kier alpha value is -4.23. The molecule has 0 aliphatic rings. The van der Waals surface area contributed by atoms with E-state index in [4.69, 9.17) is 4.74 Å². The quantitative estimate of drug-likeness (QED) is 0.312. The SMILES string of the molecule is Cc1ccc2nc(-c3ccc(NC(=O)COC(=O)c4cc5ccccc5cc4O)cc3)sc2c1. The van der Waals surface area contributed by atoms with Gasteiger partial charge < -0.3 is 15.2 Å². The molecule has 0 unspecified atom stereocenters. The number of amides is 1. The smallest absolute Gasteiger partial charge is 0.342 e. The van der Waals surface area contributed by atoms with Gasteiger partial charge in [0.05, 0.1) is 10.2 Å². The minimum Gasteiger partial charge on any atom is -0.507 e. The van der Waals surface area contributed by atoms with Gasteiger partial charge in [-0.25, -0.2) is 9.78 Å². The number of benzene rings is 4. The first-order valence-electron chi connectivity index (χ1n) is 10.6. The first-order chi connectivity index (χ1) is 16.5. The van der Waals surface area contributed by atoms with E-state index in [1.54, 1.807) is 29.5 Å². The monoisotopic (exact) mass is 468 g/mol. The zero-order valence-corrected chi connectivity index (χ0v) is 19.1. The molecule has 0 radical (unpaired) electrons. The summed E-state index contributed by atoms with van der Waals surface area (Å²) in [6.45, 7) is 1.59. The number of aromatic hydroxyl groups is 1. The van der Waals surface area contributed by atoms with E-state index in [0.717, 1.165) is 31.6 Å². The van der Waals surface area contributed by atoms with Crippen molar-refractivity contribution in [1.82, 2.24) is 4.98 Å². The highest BCUT2D eigenvalue weighted by Gasteiger charge is 2.16. The average Bonchev–Trinajstić information content (AvgIpc) is 3.26. The highest BCUT2D eigenvalue weighted by molar-refractivity contribution is 7.21. The second-order valence-corrected chi connectivity index (χ2v) is 8.94. The van der Waals surface area contributed by atoms with Crippen LogP contribution in [0.15, 0.2) is 78.9 Å². The van der Waals surface area contributed by atoms with Gasteiger partial charge in [-0.15, -0.1) is 11.3 Å². The molecule has 0 saturated carbocycles. The van der Waals surface area contributed by atoms with Crippen molar-refractivity contribution in [2.75, 3.05) is 11.9 Å². The number of phenols is 1. The molecule has 0 saturated heterocycles. The van der Waals surface area contributed by atoms with Gasteiger partial charge in [-0.2, -0.15) is 0 Å². The predicted octanol–water partition coefficient (Wildman–Crippen LogP) is 5.93. The van der Waals surface area contributed by atoms with Crippen LogP contribution in [0.25, 0.3) is 31.6 Å². The molecule has 0 atom stereocenters. The molecule has 0 spiro atoms. The molecule has 2 N–H and O–H groups in total. The summed E-state index contributed by atoms with van der Waals surface area (Å²) in [4.78, 5) is 29.4. The molecular formula is C27H20N2O4S. The molecule has 5 rings (SSSR count). The lowest BCUT2D eigenvalue weighted by atomic mass is 10.1. The van der Waals surface area contributed by atoms with Crippen LogP contribution < -0.4 is 5.32 Å². The Kier molecular flexibility index (Phi) is 5.69. The molecule has 34 heavy (non-hydrogen) atoms. The summed E-state index contributed by atoms with van der Waals surface area (Å²) in [6, 6.07) is 23.9. The lowest BCUT2D eigenvalue weighted by Gasteiger charge is -2.09. The molecule has 7 heteroatoms. The maximum absolute atomic E-state index is 12.4. The molecule has 0 bridgehead atoms. The summed E-state index contributed by atoms with van der Waals surface area (Å²) in [5.74, 6) is -1.43. The number of anilines is 1. The lowest BCUT2D eigenvalue weighted by Crippen LogP contribution is -2.21. The highest BCUT2D eigenvalue weighted by atomic mass is 32.1. The van der Waals surface area contributed by atoms with Crippen LogP contribution in [-0.2, 0) is 9.53 Å². The Morgan fingerprint density at radius 2 is 1.71 bits per heavy atom. The first-order valence-corrected chi connectivity index (χ1v) is 11.4. The Labute approximate surface area is 199 Å². The van der Waals surface area contributed by atoms with Crippen LogP contribution in [-0.4, -0.2) is 28.6 Å². The number of aromatic nitrogens is 1. The van der Waals surface area contributed by atoms with E-state index in [1.807, 2.05) is 48.5 Å². The molecule has 4 aromatic carbocycles. The van der Waals surface area contributed by atoms with Gasteiger partial charge in [-0.05, 0) is 71.8 Å². The molecule has 1 heterocycles. The van der Waals surface area contributed by atoms with Crippen LogP contribution in [0.2, 0.25) is 0 Å². The molecule has 1 aromatic heterocycles. The van der Waals surface area contributed by atoms with Crippen LogP contribution in [0.5, 0.6) is 5.75 Å². The number of rotatable bonds is 5. The number of fused-ring (bicyclic) bond motifs is 2. The molecule has 0 fully saturated rings. The van der Waals surface area contributed by atoms with Crippen LogP contribution in [0, 0.1) is 6.92 Å². The van der Waals surface area contributed by atoms with Crippen molar-refractivity contribution in [2.24, 2.45) is 0 Å². The van der Waals surface area contributed by atoms with E-state index in [-0.39, 0.29) is 11.3 Å². The number of nitrogens with zero attached hydrogens (tertiary/aromatic N) is 1. The topological polar surface area (TPSA) is 88.5 Å². The fraction of sp³-hybridized carbons (Fsp3) is 0.0741. The molecular weight excluding hydrogens is 448 g/mol. The van der Waals surface area contributed by atoms with Crippen molar-refractivity contribution < 1.29 is 19.4 Å². The van der Waals surface area contributed by atoms with E-state index in [0.29, 0.717) is 5.69 Å². The van der Waals surface area contributed by atoms with Crippen molar-refractivity contribution in [3.05, 3.63) is 90.0 Å². The van der Waals surface area contributed by atoms with Gasteiger partial charge in [0.1, 0.15) is 16.3 Å². The third-order valence-electron chi connectivity index (χ3n) is 5.38. The first kappa shape index (κ1) is 21.6. The third-order valence-corrected chi connectivity index (χ3v) is 6.45. The van der Waals surface area contributed by atoms with Gasteiger partial charge in [0.15, 0.2) is 6.61 Å². The molecule has 6 nitrogen and oxygen atoms in total. The van der Waals surface area contributed by atoms with Gasteiger partial charge in [-0.1, -0.05) is 30.3 Å². The Bertz CT molecular complexity index is 1540. The van der Waals surface area contributed by atoms with Crippen LogP contribution in [0.4, 0.5) is 5.69 Å². The number of ether oxygens (including phenoxy) is 1. The Morgan fingerprint density at radius 3 is 2.47 bits per heavy atom. The summed E-state index contributed by atoms with van der Waals surface area (Å²) >= 11 is 1.62. The molecule has 0 aliphatic heterocycles. The van der Waals surface area contributed by atoms with Gasteiger partial charge in [0.25, 0.3) is 5.91 Å². The predicted molar refractivity (Wildman–Crippen MR) is 134 cm³/mol. The average molecular weight is 469 g/mol. The number of hydrogen-bond acceptors (Lipinski definition) is 6. The van der Waals surface area contributed by atoms with Gasteiger partial charge in [-0.3, -0.25) is 4.79 Å². The van der Waals surface area contributed by atoms with E-state index in [2.05, 4.69) is 23.3 Å². The van der Waals surface area contributed by atoms with Crippen molar-refractivity contribution in [2.45, 2.75) is 6.92 Å². The number of phenolic OH excluding ortho intramolecular Hbond substituents is 1. The number of thiazole rings is 1. The van der Waals surface area contributed by atoms with E-state index < -0.39 is 18.5 Å². The van der Waals surface area contributed by atoms with E-state index in [9.17, 15) is 14.7 Å². The minimum absolute atomic E-state index is 0.0156. The maximum Gasteiger partial charge on any atom is 0.342 e. The summed E-state index contributed by atoms with van der Waals surface area (Å²) < 4.78 is 6.24. The number of hydrogen-bond donors (Lipinski definition) is 2. The van der Waals surface area contributed by atoms with Crippen molar-refractivity contribution in [3.8, 4) is 16.3 Å². The van der Waals surface area contributed by atoms with Gasteiger partial charge in [0.2, 0.25) is 0 Å². The second kappa shape index (κ2) is 8.96. The van der Waals surface area contributed by atoms with Gasteiger partial charge >= 0.3 is 5.97 Å². The minimum atomic E-state index is -0.764. The molecule has 168 valence electrons. The number of nitrogens with one attached hydrogen (secondary N) is 1. The molecule has 5 aromatic rings. The zero-order chi connectivity index (χ0) is 23.7. The van der Waals surface area contributed by atoms with Crippen LogP contribution >= 0.6 is 11.3 Å². The van der Waals surface area contributed by atoms with Crippen LogP contribution in [0.1, 0.15) is 15.9 Å². The van der Waals surface area contributed by atoms with Crippen LogP contribution in [0.3, 0.4) is 0 Å².